The number of carboxylic acids is 1. The molecule has 266 valence electrons. The molecule has 2 unspecified atom stereocenters. The van der Waals surface area contributed by atoms with Gasteiger partial charge >= 0.3 is 12.1 Å². The SMILES string of the molecule is COCC1CN(CCc2cn(C(CC(C)C)C(=O)NC(CC(=O)O)c3cc(-c4c(C)cccc4C)cc(C)c3F)c(=O)cc2C(F)(F)F)C1. The number of nitrogens with zero attached hydrogens (tertiary/aromatic N) is 2. The standard InChI is InChI=1S/C37H45F4N3O5/c1-21(2)12-31(44-19-26(29(15-32(44)45)37(39,40)41)10-11-43-17-25(18-43)20-49-6)36(48)42-30(16-33(46)47)28-14-27(13-24(5)35(28)38)34-22(3)8-7-9-23(34)4/h7-9,13-15,19,21,25,30-31H,10-12,16-18,20H2,1-6H3,(H,42,48)(H,46,47). The topological polar surface area (TPSA) is 101 Å². The number of aliphatic carboxylic acids is 1. The number of methoxy groups -OCH3 is 1. The van der Waals surface area contributed by atoms with Crippen molar-refractivity contribution in [1.29, 1.82) is 0 Å². The third-order valence-electron chi connectivity index (χ3n) is 9.06. The predicted molar refractivity (Wildman–Crippen MR) is 179 cm³/mol. The molecule has 0 aliphatic carbocycles. The maximum atomic E-state index is 15.8. The van der Waals surface area contributed by atoms with Gasteiger partial charge in [-0.1, -0.05) is 32.0 Å². The highest BCUT2D eigenvalue weighted by atomic mass is 19.4. The van der Waals surface area contributed by atoms with Gasteiger partial charge in [0.25, 0.3) is 5.56 Å². The summed E-state index contributed by atoms with van der Waals surface area (Å²) < 4.78 is 64.3. The van der Waals surface area contributed by atoms with Gasteiger partial charge in [-0.25, -0.2) is 4.39 Å². The van der Waals surface area contributed by atoms with Crippen molar-refractivity contribution in [2.75, 3.05) is 33.4 Å². The van der Waals surface area contributed by atoms with Crippen LogP contribution in [-0.4, -0.2) is 59.8 Å². The van der Waals surface area contributed by atoms with E-state index >= 15 is 4.39 Å². The van der Waals surface area contributed by atoms with Gasteiger partial charge in [0.1, 0.15) is 11.9 Å². The van der Waals surface area contributed by atoms with Crippen LogP contribution in [0.3, 0.4) is 0 Å². The minimum atomic E-state index is -4.79. The Morgan fingerprint density at radius 1 is 1.06 bits per heavy atom. The Balaban J connectivity index is 1.73. The van der Waals surface area contributed by atoms with Gasteiger partial charge in [-0.15, -0.1) is 0 Å². The summed E-state index contributed by atoms with van der Waals surface area (Å²) in [5.74, 6) is -2.67. The molecule has 1 aliphatic rings. The van der Waals surface area contributed by atoms with Crippen LogP contribution in [0.1, 0.15) is 72.2 Å². The summed E-state index contributed by atoms with van der Waals surface area (Å²) in [5.41, 5.74) is 1.34. The van der Waals surface area contributed by atoms with Crippen LogP contribution >= 0.6 is 0 Å². The van der Waals surface area contributed by atoms with Gasteiger partial charge in [0.05, 0.1) is 24.6 Å². The smallest absolute Gasteiger partial charge is 0.416 e. The Morgan fingerprint density at radius 2 is 1.71 bits per heavy atom. The van der Waals surface area contributed by atoms with E-state index in [1.807, 2.05) is 36.9 Å². The van der Waals surface area contributed by atoms with E-state index in [9.17, 15) is 32.7 Å². The van der Waals surface area contributed by atoms with E-state index in [-0.39, 0.29) is 35.4 Å². The highest BCUT2D eigenvalue weighted by Gasteiger charge is 2.36. The number of carbonyl (C=O) groups excluding carboxylic acids is 1. The fourth-order valence-electron chi connectivity index (χ4n) is 6.72. The lowest BCUT2D eigenvalue weighted by atomic mass is 9.90. The Kier molecular flexibility index (Phi) is 12.1. The number of benzene rings is 2. The number of nitrogens with one attached hydrogen (secondary N) is 1. The number of carbonyl (C=O) groups is 2. The molecule has 0 saturated carbocycles. The molecule has 1 saturated heterocycles. The number of alkyl halides is 3. The van der Waals surface area contributed by atoms with Crippen molar-refractivity contribution in [3.63, 3.8) is 0 Å². The first kappa shape index (κ1) is 37.8. The van der Waals surface area contributed by atoms with E-state index in [0.717, 1.165) is 27.5 Å². The fraction of sp³-hybridized carbons (Fsp3) is 0.486. The second-order valence-electron chi connectivity index (χ2n) is 13.6. The van der Waals surface area contributed by atoms with Crippen LogP contribution in [0, 0.1) is 38.4 Å². The van der Waals surface area contributed by atoms with Gasteiger partial charge in [-0.3, -0.25) is 14.4 Å². The zero-order valence-electron chi connectivity index (χ0n) is 28.8. The van der Waals surface area contributed by atoms with Crippen molar-refractivity contribution in [2.24, 2.45) is 11.8 Å². The summed E-state index contributed by atoms with van der Waals surface area (Å²) in [4.78, 5) is 41.4. The van der Waals surface area contributed by atoms with Crippen molar-refractivity contribution < 1.29 is 37.0 Å². The largest absolute Gasteiger partial charge is 0.481 e. The lowest BCUT2D eigenvalue weighted by molar-refractivity contribution is -0.139. The van der Waals surface area contributed by atoms with Crippen LogP contribution in [0.2, 0.25) is 0 Å². The molecule has 0 radical (unpaired) electrons. The average molecular weight is 688 g/mol. The number of likely N-dealkylation sites (tertiary alicyclic amines) is 1. The maximum absolute atomic E-state index is 15.8. The van der Waals surface area contributed by atoms with Gasteiger partial charge in [0.2, 0.25) is 5.91 Å². The van der Waals surface area contributed by atoms with E-state index in [1.165, 1.54) is 6.07 Å². The zero-order chi connectivity index (χ0) is 36.2. The summed E-state index contributed by atoms with van der Waals surface area (Å²) in [5, 5.41) is 12.5. The molecule has 1 aliphatic heterocycles. The van der Waals surface area contributed by atoms with Crippen molar-refractivity contribution in [1.82, 2.24) is 14.8 Å². The molecule has 4 rings (SSSR count). The number of halogens is 4. The summed E-state index contributed by atoms with van der Waals surface area (Å²) in [7, 11) is 1.59. The van der Waals surface area contributed by atoms with Crippen molar-refractivity contribution in [3.8, 4) is 11.1 Å². The molecule has 12 heteroatoms. The highest BCUT2D eigenvalue weighted by molar-refractivity contribution is 5.82. The Bertz CT molecular complexity index is 1710. The first-order valence-electron chi connectivity index (χ1n) is 16.4. The third-order valence-corrected chi connectivity index (χ3v) is 9.06. The molecule has 2 heterocycles. The summed E-state index contributed by atoms with van der Waals surface area (Å²) in [6.45, 7) is 11.2. The average Bonchev–Trinajstić information content (AvgIpc) is 2.97. The first-order valence-corrected chi connectivity index (χ1v) is 16.4. The van der Waals surface area contributed by atoms with Crippen LogP contribution < -0.4 is 10.9 Å². The number of carboxylic acid groups (broad SMARTS) is 1. The van der Waals surface area contributed by atoms with E-state index in [0.29, 0.717) is 43.8 Å². The number of amides is 1. The number of hydrogen-bond donors (Lipinski definition) is 2. The molecule has 0 bridgehead atoms. The van der Waals surface area contributed by atoms with Crippen molar-refractivity contribution in [2.45, 2.75) is 72.1 Å². The zero-order valence-corrected chi connectivity index (χ0v) is 28.8. The Hall–Kier alpha value is -4.03. The second-order valence-corrected chi connectivity index (χ2v) is 13.6. The first-order chi connectivity index (χ1) is 23.0. The molecular formula is C37H45F4N3O5. The molecule has 0 spiro atoms. The molecule has 49 heavy (non-hydrogen) atoms. The van der Waals surface area contributed by atoms with Crippen LogP contribution in [0.15, 0.2) is 47.4 Å². The number of rotatable bonds is 14. The lowest BCUT2D eigenvalue weighted by Gasteiger charge is -2.39. The molecule has 1 amide bonds. The van der Waals surface area contributed by atoms with E-state index in [2.05, 4.69) is 5.32 Å². The summed E-state index contributed by atoms with van der Waals surface area (Å²) in [6.07, 6.45) is -4.31. The normalized spacial score (nSPS) is 15.2. The van der Waals surface area contributed by atoms with Crippen molar-refractivity contribution >= 4 is 11.9 Å². The molecule has 1 aromatic heterocycles. The number of hydrogen-bond acceptors (Lipinski definition) is 5. The molecule has 2 aromatic carbocycles. The molecule has 1 fully saturated rings. The maximum Gasteiger partial charge on any atom is 0.416 e. The fourth-order valence-corrected chi connectivity index (χ4v) is 6.72. The van der Waals surface area contributed by atoms with E-state index in [4.69, 9.17) is 4.74 Å². The van der Waals surface area contributed by atoms with Gasteiger partial charge in [-0.2, -0.15) is 13.2 Å². The summed E-state index contributed by atoms with van der Waals surface area (Å²) >= 11 is 0. The predicted octanol–water partition coefficient (Wildman–Crippen LogP) is 6.64. The molecule has 2 N–H and O–H groups in total. The lowest BCUT2D eigenvalue weighted by Crippen LogP contribution is -2.49. The molecule has 8 nitrogen and oxygen atoms in total. The van der Waals surface area contributed by atoms with Gasteiger partial charge in [0, 0.05) is 50.5 Å². The minimum Gasteiger partial charge on any atom is -0.481 e. The van der Waals surface area contributed by atoms with Crippen molar-refractivity contribution in [3.05, 3.63) is 92.1 Å². The number of pyridine rings is 1. The quantitative estimate of drug-likeness (QED) is 0.185. The van der Waals surface area contributed by atoms with Crippen LogP contribution in [0.5, 0.6) is 0 Å². The van der Waals surface area contributed by atoms with Crippen LogP contribution in [0.25, 0.3) is 11.1 Å². The third kappa shape index (κ3) is 9.16. The molecule has 3 aromatic rings. The number of aryl methyl sites for hydroxylation is 3. The van der Waals surface area contributed by atoms with E-state index in [1.54, 1.807) is 33.9 Å². The monoisotopic (exact) mass is 687 g/mol. The second kappa shape index (κ2) is 15.7. The van der Waals surface area contributed by atoms with Crippen LogP contribution in [0.4, 0.5) is 17.6 Å². The number of ether oxygens (including phenoxy) is 1. The molecular weight excluding hydrogens is 642 g/mol. The summed E-state index contributed by atoms with van der Waals surface area (Å²) in [6, 6.07) is 6.80. The van der Waals surface area contributed by atoms with E-state index < -0.39 is 53.5 Å². The Labute approximate surface area is 284 Å². The van der Waals surface area contributed by atoms with Gasteiger partial charge < -0.3 is 24.6 Å². The highest BCUT2D eigenvalue weighted by Crippen LogP contribution is 2.35. The number of aromatic nitrogens is 1. The minimum absolute atomic E-state index is 0.0118. The van der Waals surface area contributed by atoms with Gasteiger partial charge in [-0.05, 0) is 85.0 Å². The Morgan fingerprint density at radius 3 is 2.29 bits per heavy atom. The van der Waals surface area contributed by atoms with Crippen LogP contribution in [-0.2, 0) is 26.9 Å². The molecule has 2 atom stereocenters. The van der Waals surface area contributed by atoms with Gasteiger partial charge in [0.15, 0.2) is 0 Å².